The van der Waals surface area contributed by atoms with Crippen molar-refractivity contribution in [2.75, 3.05) is 7.11 Å². The zero-order valence-corrected chi connectivity index (χ0v) is 15.9. The Morgan fingerprint density at radius 3 is 2.40 bits per heavy atom. The molecule has 0 heterocycles. The van der Waals surface area contributed by atoms with Gasteiger partial charge in [-0.2, -0.15) is 0 Å². The van der Waals surface area contributed by atoms with Crippen molar-refractivity contribution in [3.8, 4) is 0 Å². The van der Waals surface area contributed by atoms with E-state index < -0.39 is 27.0 Å². The Hall–Kier alpha value is -1.88. The molecule has 1 unspecified atom stereocenters. The van der Waals surface area contributed by atoms with Crippen LogP contribution in [0.25, 0.3) is 0 Å². The first-order chi connectivity index (χ1) is 11.7. The van der Waals surface area contributed by atoms with Crippen molar-refractivity contribution >= 4 is 15.8 Å². The van der Waals surface area contributed by atoms with Crippen molar-refractivity contribution in [1.82, 2.24) is 0 Å². The van der Waals surface area contributed by atoms with Gasteiger partial charge in [-0.15, -0.1) is 0 Å². The van der Waals surface area contributed by atoms with Crippen LogP contribution in [0.3, 0.4) is 0 Å². The lowest BCUT2D eigenvalue weighted by Gasteiger charge is -2.35. The minimum absolute atomic E-state index is 0.138. The van der Waals surface area contributed by atoms with E-state index in [1.807, 2.05) is 13.8 Å². The summed E-state index contributed by atoms with van der Waals surface area (Å²) in [4.78, 5) is 12.6. The van der Waals surface area contributed by atoms with Crippen molar-refractivity contribution in [2.45, 2.75) is 43.3 Å². The maximum absolute atomic E-state index is 13.2. The second-order valence-corrected chi connectivity index (χ2v) is 8.95. The summed E-state index contributed by atoms with van der Waals surface area (Å²) in [6.45, 7) is 11.9. The predicted octanol–water partition coefficient (Wildman–Crippen LogP) is 3.86. The lowest BCUT2D eigenvalue weighted by atomic mass is 9.74. The van der Waals surface area contributed by atoms with Crippen LogP contribution >= 0.6 is 0 Å². The number of aryl methyl sites for hydroxylation is 1. The second-order valence-electron chi connectivity index (χ2n) is 6.88. The van der Waals surface area contributed by atoms with Crippen molar-refractivity contribution in [3.05, 3.63) is 54.1 Å². The van der Waals surface area contributed by atoms with Gasteiger partial charge in [-0.1, -0.05) is 42.0 Å². The molecule has 25 heavy (non-hydrogen) atoms. The molecular formula is C20H26O4S. The van der Waals surface area contributed by atoms with Gasteiger partial charge in [-0.05, 0) is 51.2 Å². The van der Waals surface area contributed by atoms with E-state index in [0.717, 1.165) is 23.1 Å². The van der Waals surface area contributed by atoms with Gasteiger partial charge in [-0.3, -0.25) is 4.79 Å². The monoisotopic (exact) mass is 362 g/mol. The maximum Gasteiger partial charge on any atom is 0.325 e. The van der Waals surface area contributed by atoms with E-state index >= 15 is 0 Å². The number of methoxy groups -OCH3 is 1. The Labute approximate surface area is 150 Å². The van der Waals surface area contributed by atoms with Crippen LogP contribution in [-0.4, -0.2) is 26.7 Å². The van der Waals surface area contributed by atoms with Crippen LogP contribution in [-0.2, 0) is 19.4 Å². The Morgan fingerprint density at radius 1 is 1.28 bits per heavy atom. The molecule has 0 N–H and O–H groups in total. The summed E-state index contributed by atoms with van der Waals surface area (Å²) in [6, 6.07) is 6.55. The fraction of sp³-hybridized carbons (Fsp3) is 0.450. The molecule has 0 aromatic heterocycles. The number of esters is 1. The van der Waals surface area contributed by atoms with E-state index in [9.17, 15) is 13.2 Å². The van der Waals surface area contributed by atoms with Crippen LogP contribution in [0, 0.1) is 18.8 Å². The van der Waals surface area contributed by atoms with Gasteiger partial charge in [0.2, 0.25) is 0 Å². The van der Waals surface area contributed by atoms with Gasteiger partial charge in [0.15, 0.2) is 15.1 Å². The van der Waals surface area contributed by atoms with E-state index in [-0.39, 0.29) is 10.8 Å². The highest BCUT2D eigenvalue weighted by Crippen LogP contribution is 2.41. The number of carbonyl (C=O) groups is 1. The summed E-state index contributed by atoms with van der Waals surface area (Å²) in [5, 5.41) is -1.27. The Morgan fingerprint density at radius 2 is 1.88 bits per heavy atom. The molecule has 1 aliphatic rings. The van der Waals surface area contributed by atoms with Gasteiger partial charge >= 0.3 is 5.97 Å². The number of ether oxygens (including phenoxy) is 1. The second kappa shape index (κ2) is 7.56. The average Bonchev–Trinajstić information content (AvgIpc) is 2.56. The first kappa shape index (κ1) is 19.4. The van der Waals surface area contributed by atoms with Crippen LogP contribution in [0.4, 0.5) is 0 Å². The highest BCUT2D eigenvalue weighted by molar-refractivity contribution is 7.92. The molecule has 3 atom stereocenters. The highest BCUT2D eigenvalue weighted by atomic mass is 32.2. The number of benzene rings is 1. The molecule has 0 spiro atoms. The molecule has 1 fully saturated rings. The lowest BCUT2D eigenvalue weighted by molar-refractivity contribution is -0.141. The third kappa shape index (κ3) is 4.03. The average molecular weight is 362 g/mol. The Balaban J connectivity index is 2.48. The smallest absolute Gasteiger partial charge is 0.325 e. The molecule has 0 bridgehead atoms. The van der Waals surface area contributed by atoms with Crippen molar-refractivity contribution in [1.29, 1.82) is 0 Å². The standard InChI is InChI=1S/C20H26O4S/c1-13(2)16-9-8-15(4)18(12-16)19(20(21)24-5)25(22,23)17-10-6-14(3)7-11-17/h6-7,10-11,16,18-19H,1,4,8-9,12H2,2-3,5H3/t16-,18+,19?/m0/s1. The predicted molar refractivity (Wildman–Crippen MR) is 99.0 cm³/mol. The van der Waals surface area contributed by atoms with Crippen LogP contribution in [0.1, 0.15) is 31.7 Å². The maximum atomic E-state index is 13.2. The minimum atomic E-state index is -3.88. The Kier molecular flexibility index (Phi) is 5.88. The van der Waals surface area contributed by atoms with Gasteiger partial charge in [0.25, 0.3) is 0 Å². The van der Waals surface area contributed by atoms with E-state index in [1.165, 1.54) is 7.11 Å². The number of allylic oxidation sites excluding steroid dienone is 2. The molecule has 1 aliphatic carbocycles. The molecule has 1 aromatic rings. The molecule has 136 valence electrons. The molecule has 0 saturated heterocycles. The van der Waals surface area contributed by atoms with Crippen LogP contribution < -0.4 is 0 Å². The van der Waals surface area contributed by atoms with Gasteiger partial charge in [0.1, 0.15) is 0 Å². The molecular weight excluding hydrogens is 336 g/mol. The minimum Gasteiger partial charge on any atom is -0.468 e. The van der Waals surface area contributed by atoms with E-state index in [4.69, 9.17) is 4.74 Å². The zero-order chi connectivity index (χ0) is 18.8. The summed E-state index contributed by atoms with van der Waals surface area (Å²) in [6.07, 6.45) is 2.14. The molecule has 2 rings (SSSR count). The fourth-order valence-corrected chi connectivity index (χ4v) is 5.31. The summed E-state index contributed by atoms with van der Waals surface area (Å²) < 4.78 is 31.3. The number of carbonyl (C=O) groups excluding carboxylic acids is 1. The molecule has 4 nitrogen and oxygen atoms in total. The molecule has 5 heteroatoms. The van der Waals surface area contributed by atoms with Crippen LogP contribution in [0.2, 0.25) is 0 Å². The van der Waals surface area contributed by atoms with E-state index in [1.54, 1.807) is 24.3 Å². The number of hydrogen-bond donors (Lipinski definition) is 0. The van der Waals surface area contributed by atoms with Gasteiger partial charge in [0.05, 0.1) is 12.0 Å². The quantitative estimate of drug-likeness (QED) is 0.589. The Bertz CT molecular complexity index is 774. The topological polar surface area (TPSA) is 60.4 Å². The molecule has 0 amide bonds. The van der Waals surface area contributed by atoms with Crippen molar-refractivity contribution in [3.63, 3.8) is 0 Å². The van der Waals surface area contributed by atoms with Gasteiger partial charge < -0.3 is 4.74 Å². The third-order valence-corrected chi connectivity index (χ3v) is 7.18. The fourth-order valence-electron chi connectivity index (χ4n) is 3.42. The number of hydrogen-bond acceptors (Lipinski definition) is 4. The van der Waals surface area contributed by atoms with Crippen LogP contribution in [0.15, 0.2) is 53.5 Å². The van der Waals surface area contributed by atoms with Gasteiger partial charge in [0, 0.05) is 5.92 Å². The first-order valence-electron chi connectivity index (χ1n) is 8.40. The normalized spacial score (nSPS) is 22.3. The number of rotatable bonds is 5. The zero-order valence-electron chi connectivity index (χ0n) is 15.1. The highest BCUT2D eigenvalue weighted by Gasteiger charge is 2.44. The molecule has 0 aliphatic heterocycles. The molecule has 0 radical (unpaired) electrons. The SMILES string of the molecule is C=C(C)[C@H]1CCC(=C)[C@H](C(C(=O)OC)S(=O)(=O)c2ccc(C)cc2)C1. The summed E-state index contributed by atoms with van der Waals surface area (Å²) in [7, 11) is -2.65. The first-order valence-corrected chi connectivity index (χ1v) is 9.94. The summed E-state index contributed by atoms with van der Waals surface area (Å²) >= 11 is 0. The van der Waals surface area contributed by atoms with Crippen LogP contribution in [0.5, 0.6) is 0 Å². The van der Waals surface area contributed by atoms with Gasteiger partial charge in [-0.25, -0.2) is 8.42 Å². The van der Waals surface area contributed by atoms with Crippen molar-refractivity contribution in [2.24, 2.45) is 11.8 Å². The number of sulfone groups is 1. The molecule has 1 saturated carbocycles. The van der Waals surface area contributed by atoms with Crippen molar-refractivity contribution < 1.29 is 17.9 Å². The lowest BCUT2D eigenvalue weighted by Crippen LogP contribution is -2.41. The van der Waals surface area contributed by atoms with E-state index in [2.05, 4.69) is 13.2 Å². The van der Waals surface area contributed by atoms with E-state index in [0.29, 0.717) is 12.8 Å². The largest absolute Gasteiger partial charge is 0.468 e. The summed E-state index contributed by atoms with van der Waals surface area (Å²) in [5.41, 5.74) is 2.76. The molecule has 1 aromatic carbocycles. The summed E-state index contributed by atoms with van der Waals surface area (Å²) in [5.74, 6) is -1.00. The third-order valence-electron chi connectivity index (χ3n) is 5.06.